The van der Waals surface area contributed by atoms with Gasteiger partial charge in [0.2, 0.25) is 0 Å². The minimum absolute atomic E-state index is 0.0402. The lowest BCUT2D eigenvalue weighted by Crippen LogP contribution is -2.32. The van der Waals surface area contributed by atoms with Crippen LogP contribution in [0.2, 0.25) is 0 Å². The zero-order valence-electron chi connectivity index (χ0n) is 19.8. The summed E-state index contributed by atoms with van der Waals surface area (Å²) in [7, 11) is 0. The van der Waals surface area contributed by atoms with E-state index in [1.165, 1.54) is 122 Å². The molecule has 3 rings (SSSR count). The Balaban J connectivity index is 1.37. The highest BCUT2D eigenvalue weighted by molar-refractivity contribution is 5.02. The lowest BCUT2D eigenvalue weighted by molar-refractivity contribution is 0.0898. The van der Waals surface area contributed by atoms with E-state index in [1.54, 1.807) is 0 Å². The molecule has 3 saturated carbocycles. The van der Waals surface area contributed by atoms with Crippen LogP contribution in [0.15, 0.2) is 0 Å². The van der Waals surface area contributed by atoms with Crippen LogP contribution in [-0.2, 0) is 0 Å². The van der Waals surface area contributed by atoms with Crippen LogP contribution in [-0.4, -0.2) is 0 Å². The molecular weight excluding hydrogens is 350 g/mol. The van der Waals surface area contributed by atoms with Crippen molar-refractivity contribution >= 4 is 0 Å². The summed E-state index contributed by atoms with van der Waals surface area (Å²) in [6.07, 6.45) is 26.5. The van der Waals surface area contributed by atoms with Crippen molar-refractivity contribution in [3.63, 3.8) is 0 Å². The normalized spacial score (nSPS) is 38.4. The summed E-state index contributed by atoms with van der Waals surface area (Å²) in [6, 6.07) is 2.78. The average molecular weight is 400 g/mol. The zero-order valence-corrected chi connectivity index (χ0v) is 19.8. The highest BCUT2D eigenvalue weighted by atomic mass is 14.5. The van der Waals surface area contributed by atoms with Crippen molar-refractivity contribution in [2.24, 2.45) is 35.0 Å². The summed E-state index contributed by atoms with van der Waals surface area (Å²) >= 11 is 0. The monoisotopic (exact) mass is 399 g/mol. The number of unbranched alkanes of at least 4 members (excludes halogenated alkanes) is 3. The van der Waals surface area contributed by atoms with Crippen molar-refractivity contribution in [3.05, 3.63) is 0 Å². The van der Waals surface area contributed by atoms with Gasteiger partial charge in [0, 0.05) is 0 Å². The van der Waals surface area contributed by atoms with Crippen molar-refractivity contribution in [1.29, 1.82) is 5.26 Å². The standard InChI is InChI=1S/C28H49N/c1-3-5-6-7-19-28(22-29)20-17-27(18-21-28)26-15-13-25(14-16-26)24-11-9-23(8-4-2)10-12-24/h23-27H,3-21H2,1-2H3. The molecule has 0 aliphatic heterocycles. The van der Waals surface area contributed by atoms with Crippen LogP contribution in [0, 0.1) is 46.3 Å². The minimum atomic E-state index is 0.0402. The molecule has 0 spiro atoms. The SMILES string of the molecule is CCCCCCC1(C#N)CCC(C2CCC(C3CCC(CCC)CC3)CC2)CC1. The van der Waals surface area contributed by atoms with E-state index >= 15 is 0 Å². The Hall–Kier alpha value is -0.510. The van der Waals surface area contributed by atoms with Gasteiger partial charge in [-0.25, -0.2) is 0 Å². The Bertz CT molecular complexity index is 479. The molecule has 1 heteroatoms. The number of nitriles is 1. The largest absolute Gasteiger partial charge is 0.198 e. The maximum Gasteiger partial charge on any atom is 0.0689 e. The molecule has 0 amide bonds. The summed E-state index contributed by atoms with van der Waals surface area (Å²) in [5.41, 5.74) is 0.0402. The molecule has 0 atom stereocenters. The van der Waals surface area contributed by atoms with Crippen LogP contribution >= 0.6 is 0 Å². The molecule has 0 radical (unpaired) electrons. The van der Waals surface area contributed by atoms with E-state index in [4.69, 9.17) is 0 Å². The Morgan fingerprint density at radius 2 is 1.17 bits per heavy atom. The van der Waals surface area contributed by atoms with E-state index < -0.39 is 0 Å². The van der Waals surface area contributed by atoms with E-state index in [9.17, 15) is 5.26 Å². The van der Waals surface area contributed by atoms with Gasteiger partial charge in [0.25, 0.3) is 0 Å². The molecule has 0 unspecified atom stereocenters. The first-order chi connectivity index (χ1) is 14.2. The number of hydrogen-bond acceptors (Lipinski definition) is 1. The van der Waals surface area contributed by atoms with Gasteiger partial charge in [-0.3, -0.25) is 0 Å². The van der Waals surface area contributed by atoms with Gasteiger partial charge in [0.05, 0.1) is 11.5 Å². The fourth-order valence-corrected chi connectivity index (χ4v) is 7.42. The number of nitrogens with zero attached hydrogens (tertiary/aromatic N) is 1. The Kier molecular flexibility index (Phi) is 9.40. The summed E-state index contributed by atoms with van der Waals surface area (Å²) in [5, 5.41) is 9.88. The zero-order chi connectivity index (χ0) is 20.5. The fraction of sp³-hybridized carbons (Fsp3) is 0.964. The van der Waals surface area contributed by atoms with Gasteiger partial charge in [0.1, 0.15) is 0 Å². The van der Waals surface area contributed by atoms with E-state index in [2.05, 4.69) is 19.9 Å². The van der Waals surface area contributed by atoms with Gasteiger partial charge >= 0.3 is 0 Å². The molecule has 0 aromatic rings. The van der Waals surface area contributed by atoms with Crippen LogP contribution in [0.3, 0.4) is 0 Å². The predicted molar refractivity (Wildman–Crippen MR) is 125 cm³/mol. The van der Waals surface area contributed by atoms with E-state index in [1.807, 2.05) is 0 Å². The lowest BCUT2D eigenvalue weighted by Gasteiger charge is -2.43. The summed E-state index contributed by atoms with van der Waals surface area (Å²) in [4.78, 5) is 0. The smallest absolute Gasteiger partial charge is 0.0689 e. The highest BCUT2D eigenvalue weighted by Gasteiger charge is 2.39. The van der Waals surface area contributed by atoms with E-state index in [0.717, 1.165) is 29.6 Å². The first kappa shape index (κ1) is 23.2. The third-order valence-corrected chi connectivity index (χ3v) is 9.47. The first-order valence-electron chi connectivity index (χ1n) is 13.6. The second-order valence-corrected chi connectivity index (χ2v) is 11.3. The van der Waals surface area contributed by atoms with Gasteiger partial charge in [-0.15, -0.1) is 0 Å². The van der Waals surface area contributed by atoms with Gasteiger partial charge in [-0.2, -0.15) is 5.26 Å². The highest BCUT2D eigenvalue weighted by Crippen LogP contribution is 2.49. The van der Waals surface area contributed by atoms with Crippen molar-refractivity contribution in [1.82, 2.24) is 0 Å². The minimum Gasteiger partial charge on any atom is -0.198 e. The topological polar surface area (TPSA) is 23.8 Å². The molecular formula is C28H49N. The van der Waals surface area contributed by atoms with Crippen molar-refractivity contribution in [3.8, 4) is 6.07 Å². The van der Waals surface area contributed by atoms with Crippen LogP contribution < -0.4 is 0 Å². The van der Waals surface area contributed by atoms with Gasteiger partial charge in [0.15, 0.2) is 0 Å². The molecule has 1 nitrogen and oxygen atoms in total. The van der Waals surface area contributed by atoms with Gasteiger partial charge < -0.3 is 0 Å². The maximum atomic E-state index is 9.88. The molecule has 3 aliphatic carbocycles. The van der Waals surface area contributed by atoms with Crippen LogP contribution in [0.25, 0.3) is 0 Å². The van der Waals surface area contributed by atoms with E-state index in [-0.39, 0.29) is 5.41 Å². The first-order valence-corrected chi connectivity index (χ1v) is 13.6. The van der Waals surface area contributed by atoms with Gasteiger partial charge in [-0.1, -0.05) is 65.2 Å². The molecule has 0 heterocycles. The predicted octanol–water partition coefficient (Wildman–Crippen LogP) is 9.07. The van der Waals surface area contributed by atoms with Crippen molar-refractivity contribution in [2.75, 3.05) is 0 Å². The number of hydrogen-bond donors (Lipinski definition) is 0. The lowest BCUT2D eigenvalue weighted by atomic mass is 9.62. The maximum absolute atomic E-state index is 9.88. The third-order valence-electron chi connectivity index (χ3n) is 9.47. The third kappa shape index (κ3) is 6.48. The Morgan fingerprint density at radius 3 is 1.66 bits per heavy atom. The van der Waals surface area contributed by atoms with Crippen molar-refractivity contribution in [2.45, 2.75) is 136 Å². The number of rotatable bonds is 9. The Morgan fingerprint density at radius 1 is 0.655 bits per heavy atom. The molecule has 3 fully saturated rings. The molecule has 0 aromatic heterocycles. The van der Waals surface area contributed by atoms with Crippen LogP contribution in [0.1, 0.15) is 136 Å². The van der Waals surface area contributed by atoms with Crippen LogP contribution in [0.5, 0.6) is 0 Å². The summed E-state index contributed by atoms with van der Waals surface area (Å²) in [5.74, 6) is 5.09. The second kappa shape index (κ2) is 11.8. The quantitative estimate of drug-likeness (QED) is 0.355. The van der Waals surface area contributed by atoms with Crippen LogP contribution in [0.4, 0.5) is 0 Å². The fourth-order valence-electron chi connectivity index (χ4n) is 7.42. The van der Waals surface area contributed by atoms with Crippen molar-refractivity contribution < 1.29 is 0 Å². The molecule has 0 saturated heterocycles. The molecule has 166 valence electrons. The molecule has 29 heavy (non-hydrogen) atoms. The van der Waals surface area contributed by atoms with E-state index in [0.29, 0.717) is 0 Å². The average Bonchev–Trinajstić information content (AvgIpc) is 2.78. The Labute approximate surface area is 182 Å². The molecule has 0 aromatic carbocycles. The summed E-state index contributed by atoms with van der Waals surface area (Å²) < 4.78 is 0. The summed E-state index contributed by atoms with van der Waals surface area (Å²) in [6.45, 7) is 4.63. The molecule has 3 aliphatic rings. The second-order valence-electron chi connectivity index (χ2n) is 11.3. The van der Waals surface area contributed by atoms with Gasteiger partial charge in [-0.05, 0) is 100 Å². The molecule has 0 N–H and O–H groups in total. The molecule has 0 bridgehead atoms.